The number of rotatable bonds is 3. The van der Waals surface area contributed by atoms with Crippen LogP contribution in [0, 0.1) is 11.7 Å². The molecule has 0 radical (unpaired) electrons. The van der Waals surface area contributed by atoms with Crippen molar-refractivity contribution in [2.24, 2.45) is 11.7 Å². The average molecular weight is 383 g/mol. The van der Waals surface area contributed by atoms with Crippen molar-refractivity contribution in [3.8, 4) is 0 Å². The van der Waals surface area contributed by atoms with Crippen molar-refractivity contribution < 1.29 is 4.39 Å². The van der Waals surface area contributed by atoms with Gasteiger partial charge in [-0.05, 0) is 24.8 Å². The molecule has 4 heterocycles. The predicted molar refractivity (Wildman–Crippen MR) is 105 cm³/mol. The molecule has 1 aromatic carbocycles. The Morgan fingerprint density at radius 1 is 1.18 bits per heavy atom. The fraction of sp³-hybridized carbons (Fsp3) is 0.500. The van der Waals surface area contributed by atoms with Crippen LogP contribution in [0.4, 0.5) is 10.2 Å². The van der Waals surface area contributed by atoms with Crippen LogP contribution in [0.25, 0.3) is 0 Å². The molecule has 5 atom stereocenters. The highest BCUT2D eigenvalue weighted by Crippen LogP contribution is 2.38. The van der Waals surface area contributed by atoms with E-state index in [-0.39, 0.29) is 35.9 Å². The fourth-order valence-corrected chi connectivity index (χ4v) is 4.72. The molecule has 0 amide bonds. The maximum absolute atomic E-state index is 14.4. The molecule has 5 rings (SSSR count). The van der Waals surface area contributed by atoms with Gasteiger partial charge in [0.2, 0.25) is 0 Å². The molecular formula is C20H26FN7. The zero-order chi connectivity index (χ0) is 19.1. The summed E-state index contributed by atoms with van der Waals surface area (Å²) in [4.78, 5) is 11.5. The highest BCUT2D eigenvalue weighted by Gasteiger charge is 2.42. The van der Waals surface area contributed by atoms with Crippen molar-refractivity contribution in [2.75, 3.05) is 24.5 Å². The first kappa shape index (κ1) is 17.9. The normalized spacial score (nSPS) is 32.5. The largest absolute Gasteiger partial charge is 0.354 e. The molecule has 3 aliphatic heterocycles. The molecular weight excluding hydrogens is 357 g/mol. The van der Waals surface area contributed by atoms with Crippen molar-refractivity contribution >= 4 is 5.82 Å². The number of nitrogens with two attached hydrogens (primary N) is 1. The Morgan fingerprint density at radius 2 is 2.07 bits per heavy atom. The Labute approximate surface area is 163 Å². The lowest BCUT2D eigenvalue weighted by molar-refractivity contribution is 0.261. The van der Waals surface area contributed by atoms with Crippen LogP contribution in [0.2, 0.25) is 0 Å². The van der Waals surface area contributed by atoms with E-state index in [1.807, 2.05) is 24.5 Å². The van der Waals surface area contributed by atoms with Crippen LogP contribution in [0.1, 0.15) is 36.2 Å². The van der Waals surface area contributed by atoms with Gasteiger partial charge in [0.15, 0.2) is 0 Å². The predicted octanol–water partition coefficient (Wildman–Crippen LogP) is 1.02. The summed E-state index contributed by atoms with van der Waals surface area (Å²) in [6.07, 6.45) is 5.50. The van der Waals surface area contributed by atoms with Gasteiger partial charge in [-0.1, -0.05) is 18.2 Å². The lowest BCUT2D eigenvalue weighted by atomic mass is 9.81. The first-order chi connectivity index (χ1) is 13.7. The van der Waals surface area contributed by atoms with Crippen LogP contribution >= 0.6 is 0 Å². The molecule has 8 heteroatoms. The van der Waals surface area contributed by atoms with Gasteiger partial charge < -0.3 is 16.0 Å². The van der Waals surface area contributed by atoms with E-state index in [0.29, 0.717) is 5.56 Å². The third-order valence-corrected chi connectivity index (χ3v) is 6.25. The summed E-state index contributed by atoms with van der Waals surface area (Å²) in [5, 5.41) is 3.58. The molecule has 5 N–H and O–H groups in total. The molecule has 7 nitrogen and oxygen atoms in total. The van der Waals surface area contributed by atoms with E-state index in [1.54, 1.807) is 6.07 Å². The minimum atomic E-state index is -0.162. The van der Waals surface area contributed by atoms with E-state index in [2.05, 4.69) is 26.1 Å². The van der Waals surface area contributed by atoms with Crippen molar-refractivity contribution in [3.63, 3.8) is 0 Å². The van der Waals surface area contributed by atoms with Crippen LogP contribution in [-0.4, -0.2) is 41.7 Å². The summed E-state index contributed by atoms with van der Waals surface area (Å²) < 4.78 is 14.4. The van der Waals surface area contributed by atoms with Crippen molar-refractivity contribution in [3.05, 3.63) is 53.7 Å². The van der Waals surface area contributed by atoms with E-state index in [9.17, 15) is 4.39 Å². The number of anilines is 1. The number of hydrogen-bond acceptors (Lipinski definition) is 7. The van der Waals surface area contributed by atoms with Gasteiger partial charge in [0.25, 0.3) is 0 Å². The van der Waals surface area contributed by atoms with Gasteiger partial charge >= 0.3 is 0 Å². The quantitative estimate of drug-likeness (QED) is 0.629. The number of nitrogens with one attached hydrogen (secondary N) is 3. The zero-order valence-electron chi connectivity index (χ0n) is 15.7. The van der Waals surface area contributed by atoms with Gasteiger partial charge in [0.1, 0.15) is 11.6 Å². The molecule has 3 saturated heterocycles. The number of benzene rings is 1. The van der Waals surface area contributed by atoms with Crippen LogP contribution in [0.15, 0.2) is 36.7 Å². The van der Waals surface area contributed by atoms with E-state index in [0.717, 1.165) is 44.0 Å². The smallest absolute Gasteiger partial charge is 0.147 e. The molecule has 2 aromatic rings. The van der Waals surface area contributed by atoms with Crippen molar-refractivity contribution in [2.45, 2.75) is 37.0 Å². The number of halogens is 1. The highest BCUT2D eigenvalue weighted by atomic mass is 19.1. The molecule has 0 aliphatic carbocycles. The summed E-state index contributed by atoms with van der Waals surface area (Å²) in [5.74, 6) is 1.00. The van der Waals surface area contributed by atoms with Crippen LogP contribution < -0.4 is 26.8 Å². The Morgan fingerprint density at radius 3 is 2.89 bits per heavy atom. The summed E-state index contributed by atoms with van der Waals surface area (Å²) in [6.45, 7) is 2.54. The number of piperidine rings is 1. The minimum Gasteiger partial charge on any atom is -0.354 e. The van der Waals surface area contributed by atoms with Crippen molar-refractivity contribution in [1.82, 2.24) is 26.1 Å². The van der Waals surface area contributed by atoms with Crippen molar-refractivity contribution in [1.29, 1.82) is 0 Å². The number of hydrogen-bond donors (Lipinski definition) is 4. The fourth-order valence-electron chi connectivity index (χ4n) is 4.72. The third-order valence-electron chi connectivity index (χ3n) is 6.25. The SMILES string of the molecule is N[C@@H]1CCN(c2cncc(C3CC4C(CN3)NNC4c3ccccc3F)n2)C1. The average Bonchev–Trinajstić information content (AvgIpc) is 3.34. The lowest BCUT2D eigenvalue weighted by Crippen LogP contribution is -2.46. The molecule has 148 valence electrons. The number of nitrogens with zero attached hydrogens (tertiary/aromatic N) is 3. The van der Waals surface area contributed by atoms with Crippen LogP contribution in [0.5, 0.6) is 0 Å². The van der Waals surface area contributed by atoms with Crippen LogP contribution in [0.3, 0.4) is 0 Å². The lowest BCUT2D eigenvalue weighted by Gasteiger charge is -2.34. The third kappa shape index (κ3) is 3.26. The van der Waals surface area contributed by atoms with Gasteiger partial charge in [-0.3, -0.25) is 10.4 Å². The van der Waals surface area contributed by atoms with Crippen LogP contribution in [-0.2, 0) is 0 Å². The zero-order valence-corrected chi connectivity index (χ0v) is 15.7. The molecule has 1 aromatic heterocycles. The van der Waals surface area contributed by atoms with Gasteiger partial charge in [-0.25, -0.2) is 14.8 Å². The van der Waals surface area contributed by atoms with Gasteiger partial charge in [0.05, 0.1) is 30.2 Å². The maximum atomic E-state index is 14.4. The summed E-state index contributed by atoms with van der Waals surface area (Å²) in [7, 11) is 0. The number of hydrazine groups is 1. The second kappa shape index (κ2) is 7.36. The molecule has 4 unspecified atom stereocenters. The van der Waals surface area contributed by atoms with Gasteiger partial charge in [-0.2, -0.15) is 0 Å². The summed E-state index contributed by atoms with van der Waals surface area (Å²) in [6, 6.07) is 7.52. The highest BCUT2D eigenvalue weighted by molar-refractivity contribution is 5.39. The second-order valence-electron chi connectivity index (χ2n) is 8.05. The Bertz CT molecular complexity index is 847. The van der Waals surface area contributed by atoms with E-state index >= 15 is 0 Å². The molecule has 28 heavy (non-hydrogen) atoms. The minimum absolute atomic E-state index is 0.0523. The first-order valence-electron chi connectivity index (χ1n) is 10.0. The van der Waals surface area contributed by atoms with Gasteiger partial charge in [0, 0.05) is 37.3 Å². The Balaban J connectivity index is 1.36. The molecule has 3 fully saturated rings. The maximum Gasteiger partial charge on any atom is 0.147 e. The summed E-state index contributed by atoms with van der Waals surface area (Å²) >= 11 is 0. The first-order valence-corrected chi connectivity index (χ1v) is 10.0. The molecule has 0 spiro atoms. The van der Waals surface area contributed by atoms with E-state index in [4.69, 9.17) is 10.7 Å². The standard InChI is InChI=1S/C20H26FN7/c21-15-4-2-1-3-13(15)20-14-7-16(24-9-17(14)26-27-20)18-8-23-10-19(25-18)28-6-5-12(22)11-28/h1-4,8,10,12,14,16-17,20,24,26-27H,5-7,9,11,22H2/t12-,14?,16?,17?,20?/m1/s1. The molecule has 0 saturated carbocycles. The van der Waals surface area contributed by atoms with E-state index < -0.39 is 0 Å². The topological polar surface area (TPSA) is 91.1 Å². The number of aromatic nitrogens is 2. The summed E-state index contributed by atoms with van der Waals surface area (Å²) in [5.41, 5.74) is 14.3. The second-order valence-corrected chi connectivity index (χ2v) is 8.05. The molecule has 0 bridgehead atoms. The Hall–Kier alpha value is -2.13. The number of fused-ring (bicyclic) bond motifs is 1. The monoisotopic (exact) mass is 383 g/mol. The Kier molecular flexibility index (Phi) is 4.72. The molecule has 3 aliphatic rings. The van der Waals surface area contributed by atoms with E-state index in [1.165, 1.54) is 6.07 Å². The van der Waals surface area contributed by atoms with Gasteiger partial charge in [-0.15, -0.1) is 0 Å².